The van der Waals surface area contributed by atoms with Gasteiger partial charge in [-0.15, -0.1) is 0 Å². The Bertz CT molecular complexity index is 1280. The zero-order valence-electron chi connectivity index (χ0n) is 28.2. The lowest BCUT2D eigenvalue weighted by molar-refractivity contribution is -0.000365. The first kappa shape index (κ1) is 35.9. The minimum Gasteiger partial charge on any atom is -0.400 e. The van der Waals surface area contributed by atoms with E-state index in [-0.39, 0.29) is 0 Å². The molecule has 4 aliphatic rings. The summed E-state index contributed by atoms with van der Waals surface area (Å²) in [7, 11) is 2.00. The molecule has 0 heterocycles. The third-order valence-electron chi connectivity index (χ3n) is 11.4. The van der Waals surface area contributed by atoms with E-state index in [0.29, 0.717) is 23.7 Å². The van der Waals surface area contributed by atoms with Crippen molar-refractivity contribution in [1.29, 1.82) is 0 Å². The molecule has 0 radical (unpaired) electrons. The first-order valence-electron chi connectivity index (χ1n) is 17.2. The molecule has 4 fully saturated rings. The smallest absolute Gasteiger partial charge is 0.0902 e. The molecule has 256 valence electrons. The van der Waals surface area contributed by atoms with E-state index in [1.165, 1.54) is 0 Å². The lowest BCUT2D eigenvalue weighted by Crippen LogP contribution is -2.27. The van der Waals surface area contributed by atoms with E-state index in [2.05, 4.69) is 0 Å². The second kappa shape index (κ2) is 15.0. The van der Waals surface area contributed by atoms with Crippen LogP contribution in [-0.4, -0.2) is 44.9 Å². The molecule has 4 aliphatic carbocycles. The summed E-state index contributed by atoms with van der Waals surface area (Å²) in [5, 5.41) is 58.1. The van der Waals surface area contributed by atoms with Crippen LogP contribution in [0.15, 0.2) is 121 Å². The van der Waals surface area contributed by atoms with Crippen LogP contribution in [0.4, 0.5) is 0 Å². The van der Waals surface area contributed by atoms with E-state index in [1.54, 1.807) is 0 Å². The molecule has 0 aliphatic heterocycles. The normalized spacial score (nSPS) is 34.3. The van der Waals surface area contributed by atoms with E-state index < -0.39 is 22.4 Å². The standard InChI is InChI=1S/2C20H22O2.2CH4O/c2*21-19(17-7-3-1-4-8-17)11-15-13-20(22,14-16(15)12-19)18-9-5-2-6-10-18;2*1-2/h2*1-10,15-16,21-22H,11-14H2;2*2H,1H3. The molecule has 0 spiro atoms. The Kier molecular flexibility index (Phi) is 11.3. The monoisotopic (exact) mass is 652 g/mol. The molecule has 0 atom stereocenters. The third-order valence-corrected chi connectivity index (χ3v) is 11.4. The Labute approximate surface area is 285 Å². The summed E-state index contributed by atoms with van der Waals surface area (Å²) in [6.07, 6.45) is 6.09. The van der Waals surface area contributed by atoms with Gasteiger partial charge in [0.2, 0.25) is 0 Å². The number of rotatable bonds is 4. The van der Waals surface area contributed by atoms with Crippen LogP contribution in [0, 0.1) is 23.7 Å². The van der Waals surface area contributed by atoms with Gasteiger partial charge in [0.1, 0.15) is 0 Å². The van der Waals surface area contributed by atoms with Crippen LogP contribution >= 0.6 is 0 Å². The van der Waals surface area contributed by atoms with Crippen molar-refractivity contribution in [1.82, 2.24) is 0 Å². The van der Waals surface area contributed by atoms with Crippen molar-refractivity contribution < 1.29 is 30.6 Å². The van der Waals surface area contributed by atoms with Crippen molar-refractivity contribution in [2.45, 2.75) is 73.8 Å². The molecule has 6 nitrogen and oxygen atoms in total. The van der Waals surface area contributed by atoms with Crippen molar-refractivity contribution in [3.8, 4) is 0 Å². The molecule has 0 saturated heterocycles. The van der Waals surface area contributed by atoms with Crippen LogP contribution in [0.25, 0.3) is 0 Å². The van der Waals surface area contributed by atoms with E-state index in [0.717, 1.165) is 87.8 Å². The summed E-state index contributed by atoms with van der Waals surface area (Å²) in [6.45, 7) is 0. The molecular weight excluding hydrogens is 600 g/mol. The maximum Gasteiger partial charge on any atom is 0.0902 e. The lowest BCUT2D eigenvalue weighted by atomic mass is 9.84. The molecule has 0 unspecified atom stereocenters. The van der Waals surface area contributed by atoms with Gasteiger partial charge in [-0.05, 0) is 97.3 Å². The van der Waals surface area contributed by atoms with Gasteiger partial charge in [0.25, 0.3) is 0 Å². The highest BCUT2D eigenvalue weighted by molar-refractivity contribution is 5.30. The largest absolute Gasteiger partial charge is 0.400 e. The zero-order valence-corrected chi connectivity index (χ0v) is 28.2. The molecule has 4 aromatic rings. The number of hydrogen-bond acceptors (Lipinski definition) is 6. The van der Waals surface area contributed by atoms with Gasteiger partial charge in [-0.3, -0.25) is 0 Å². The van der Waals surface area contributed by atoms with Crippen molar-refractivity contribution in [3.05, 3.63) is 144 Å². The summed E-state index contributed by atoms with van der Waals surface area (Å²) < 4.78 is 0. The summed E-state index contributed by atoms with van der Waals surface area (Å²) >= 11 is 0. The summed E-state index contributed by atoms with van der Waals surface area (Å²) in [4.78, 5) is 0. The fourth-order valence-electron chi connectivity index (χ4n) is 9.36. The zero-order chi connectivity index (χ0) is 34.4. The van der Waals surface area contributed by atoms with Crippen molar-refractivity contribution in [3.63, 3.8) is 0 Å². The average molecular weight is 653 g/mol. The van der Waals surface area contributed by atoms with Gasteiger partial charge in [-0.2, -0.15) is 0 Å². The molecular formula is C42H52O6. The van der Waals surface area contributed by atoms with Crippen molar-refractivity contribution in [2.24, 2.45) is 23.7 Å². The van der Waals surface area contributed by atoms with Gasteiger partial charge in [-0.25, -0.2) is 0 Å². The summed E-state index contributed by atoms with van der Waals surface area (Å²) in [5.74, 6) is 1.59. The Balaban J connectivity index is 0.000000170. The predicted octanol–water partition coefficient (Wildman–Crippen LogP) is 6.38. The fraction of sp³-hybridized carbons (Fsp3) is 0.429. The number of hydrogen-bond donors (Lipinski definition) is 6. The first-order valence-corrected chi connectivity index (χ1v) is 17.2. The molecule has 6 N–H and O–H groups in total. The van der Waals surface area contributed by atoms with Crippen LogP contribution in [0.2, 0.25) is 0 Å². The van der Waals surface area contributed by atoms with E-state index in [9.17, 15) is 20.4 Å². The molecule has 4 saturated carbocycles. The number of benzene rings is 4. The molecule has 0 aromatic heterocycles. The first-order chi connectivity index (χ1) is 23.2. The molecule has 0 amide bonds. The Morgan fingerprint density at radius 1 is 0.312 bits per heavy atom. The van der Waals surface area contributed by atoms with Crippen LogP contribution in [-0.2, 0) is 22.4 Å². The lowest BCUT2D eigenvalue weighted by Gasteiger charge is -2.29. The van der Waals surface area contributed by atoms with Gasteiger partial charge >= 0.3 is 0 Å². The topological polar surface area (TPSA) is 121 Å². The van der Waals surface area contributed by atoms with Crippen molar-refractivity contribution in [2.75, 3.05) is 14.2 Å². The highest BCUT2D eigenvalue weighted by atomic mass is 16.3. The number of fused-ring (bicyclic) bond motifs is 2. The minimum absolute atomic E-state index is 0.399. The van der Waals surface area contributed by atoms with Crippen LogP contribution in [0.5, 0.6) is 0 Å². The average Bonchev–Trinajstić information content (AvgIpc) is 3.83. The molecule has 8 rings (SSSR count). The van der Waals surface area contributed by atoms with E-state index in [4.69, 9.17) is 10.2 Å². The van der Waals surface area contributed by atoms with E-state index >= 15 is 0 Å². The highest BCUT2D eigenvalue weighted by Crippen LogP contribution is 2.59. The van der Waals surface area contributed by atoms with Gasteiger partial charge in [-0.1, -0.05) is 121 Å². The maximum absolute atomic E-state index is 11.0. The SMILES string of the molecule is CO.CO.OC1(c2ccccc2)CC2CC(O)(c3ccccc3)CC2C1.OC1(c2ccccc2)CC2CC(O)(c3ccccc3)CC2C1. The summed E-state index contributed by atoms with van der Waals surface area (Å²) in [5.41, 5.74) is 1.23. The van der Waals surface area contributed by atoms with Gasteiger partial charge in [0, 0.05) is 14.2 Å². The molecule has 6 heteroatoms. The molecule has 48 heavy (non-hydrogen) atoms. The fourth-order valence-corrected chi connectivity index (χ4v) is 9.36. The highest BCUT2D eigenvalue weighted by Gasteiger charge is 2.55. The minimum atomic E-state index is -0.714. The van der Waals surface area contributed by atoms with Crippen LogP contribution in [0.3, 0.4) is 0 Å². The maximum atomic E-state index is 11.0. The number of aliphatic hydroxyl groups is 6. The van der Waals surface area contributed by atoms with Crippen LogP contribution < -0.4 is 0 Å². The predicted molar refractivity (Wildman–Crippen MR) is 189 cm³/mol. The Morgan fingerprint density at radius 3 is 0.604 bits per heavy atom. The third kappa shape index (κ3) is 7.30. The van der Waals surface area contributed by atoms with Gasteiger partial charge in [0.15, 0.2) is 0 Å². The van der Waals surface area contributed by atoms with E-state index in [1.807, 2.05) is 121 Å². The molecule has 4 aromatic carbocycles. The van der Waals surface area contributed by atoms with Gasteiger partial charge < -0.3 is 30.6 Å². The number of aliphatic hydroxyl groups excluding tert-OH is 2. The second-order valence-electron chi connectivity index (χ2n) is 14.3. The second-order valence-corrected chi connectivity index (χ2v) is 14.3. The summed E-state index contributed by atoms with van der Waals surface area (Å²) in [6, 6.07) is 40.0. The Morgan fingerprint density at radius 2 is 0.458 bits per heavy atom. The quantitative estimate of drug-likeness (QED) is 0.152. The van der Waals surface area contributed by atoms with Crippen LogP contribution in [0.1, 0.15) is 73.6 Å². The Hall–Kier alpha value is -3.36. The van der Waals surface area contributed by atoms with Crippen molar-refractivity contribution >= 4 is 0 Å². The molecule has 0 bridgehead atoms. The van der Waals surface area contributed by atoms with Gasteiger partial charge in [0.05, 0.1) is 22.4 Å².